The van der Waals surface area contributed by atoms with Crippen LogP contribution in [0.1, 0.15) is 11.7 Å². The molecule has 1 unspecified atom stereocenters. The van der Waals surface area contributed by atoms with Crippen LogP contribution < -0.4 is 11.1 Å². The van der Waals surface area contributed by atoms with Gasteiger partial charge < -0.3 is 15.6 Å². The zero-order valence-electron chi connectivity index (χ0n) is 8.81. The average molecular weight is 215 g/mol. The molecule has 1 aliphatic heterocycles. The predicted molar refractivity (Wildman–Crippen MR) is 61.9 cm³/mol. The van der Waals surface area contributed by atoms with Crippen molar-refractivity contribution in [1.82, 2.24) is 9.88 Å². The van der Waals surface area contributed by atoms with Crippen LogP contribution in [0.2, 0.25) is 0 Å². The third-order valence-electron chi connectivity index (χ3n) is 3.11. The highest BCUT2D eigenvalue weighted by atomic mass is 16.1. The molecular weight excluding hydrogens is 202 g/mol. The van der Waals surface area contributed by atoms with Gasteiger partial charge in [0.2, 0.25) is 5.91 Å². The largest absolute Gasteiger partial charge is 0.368 e. The van der Waals surface area contributed by atoms with E-state index < -0.39 is 0 Å². The molecule has 0 radical (unpaired) electrons. The summed E-state index contributed by atoms with van der Waals surface area (Å²) in [4.78, 5) is 11.4. The quantitative estimate of drug-likeness (QED) is 0.738. The van der Waals surface area contributed by atoms with E-state index in [0.29, 0.717) is 6.54 Å². The highest BCUT2D eigenvalue weighted by molar-refractivity contribution is 5.86. The van der Waals surface area contributed by atoms with Gasteiger partial charge in [0.15, 0.2) is 0 Å². The summed E-state index contributed by atoms with van der Waals surface area (Å²) in [5.41, 5.74) is 7.64. The van der Waals surface area contributed by atoms with Crippen molar-refractivity contribution < 1.29 is 4.79 Å². The van der Waals surface area contributed by atoms with E-state index in [-0.39, 0.29) is 11.9 Å². The van der Waals surface area contributed by atoms with Gasteiger partial charge in [-0.1, -0.05) is 18.2 Å². The minimum Gasteiger partial charge on any atom is -0.368 e. The van der Waals surface area contributed by atoms with E-state index in [4.69, 9.17) is 5.73 Å². The molecule has 16 heavy (non-hydrogen) atoms. The molecule has 0 bridgehead atoms. The van der Waals surface area contributed by atoms with Crippen molar-refractivity contribution >= 4 is 16.8 Å². The van der Waals surface area contributed by atoms with E-state index in [9.17, 15) is 4.79 Å². The zero-order chi connectivity index (χ0) is 11.1. The fourth-order valence-electron chi connectivity index (χ4n) is 2.39. The van der Waals surface area contributed by atoms with E-state index >= 15 is 0 Å². The standard InChI is InChI=1S/C12H13N3O/c13-12(16)11-7-14-6-9-5-8-3-1-2-4-10(8)15(9)11/h1-5,11,14H,6-7H2,(H2,13,16). The maximum Gasteiger partial charge on any atom is 0.241 e. The number of para-hydroxylation sites is 1. The number of fused-ring (bicyclic) bond motifs is 3. The van der Waals surface area contributed by atoms with Crippen LogP contribution >= 0.6 is 0 Å². The minimum absolute atomic E-state index is 0.274. The molecule has 1 aliphatic rings. The molecule has 4 nitrogen and oxygen atoms in total. The lowest BCUT2D eigenvalue weighted by Crippen LogP contribution is -2.40. The molecule has 82 valence electrons. The van der Waals surface area contributed by atoms with Gasteiger partial charge in [-0.25, -0.2) is 0 Å². The maximum atomic E-state index is 11.4. The first-order chi connectivity index (χ1) is 7.77. The summed E-state index contributed by atoms with van der Waals surface area (Å²) in [5.74, 6) is -0.283. The number of carbonyl (C=O) groups excluding carboxylic acids is 1. The number of nitrogens with zero attached hydrogens (tertiary/aromatic N) is 1. The highest BCUT2D eigenvalue weighted by Gasteiger charge is 2.25. The number of amides is 1. The molecule has 0 saturated carbocycles. The Kier molecular flexibility index (Phi) is 1.97. The predicted octanol–water partition coefficient (Wildman–Crippen LogP) is 0.771. The smallest absolute Gasteiger partial charge is 0.241 e. The Bertz CT molecular complexity index is 558. The summed E-state index contributed by atoms with van der Waals surface area (Å²) in [7, 11) is 0. The third kappa shape index (κ3) is 1.23. The lowest BCUT2D eigenvalue weighted by molar-refractivity contribution is -0.121. The second-order valence-corrected chi connectivity index (χ2v) is 4.11. The molecule has 0 spiro atoms. The van der Waals surface area contributed by atoms with Crippen LogP contribution in [0.3, 0.4) is 0 Å². The first-order valence-corrected chi connectivity index (χ1v) is 5.36. The number of carbonyl (C=O) groups is 1. The van der Waals surface area contributed by atoms with Crippen molar-refractivity contribution in [2.24, 2.45) is 5.73 Å². The lowest BCUT2D eigenvalue weighted by atomic mass is 10.2. The van der Waals surface area contributed by atoms with Crippen LogP contribution in [0, 0.1) is 0 Å². The number of hydrogen-bond donors (Lipinski definition) is 2. The number of nitrogens with two attached hydrogens (primary N) is 1. The summed E-state index contributed by atoms with van der Waals surface area (Å²) in [6.07, 6.45) is 0. The van der Waals surface area contributed by atoms with Crippen molar-refractivity contribution in [3.63, 3.8) is 0 Å². The van der Waals surface area contributed by atoms with E-state index in [0.717, 1.165) is 23.1 Å². The van der Waals surface area contributed by atoms with Crippen molar-refractivity contribution in [3.05, 3.63) is 36.0 Å². The van der Waals surface area contributed by atoms with Crippen LogP contribution in [0.5, 0.6) is 0 Å². The molecule has 3 N–H and O–H groups in total. The number of hydrogen-bond acceptors (Lipinski definition) is 2. The van der Waals surface area contributed by atoms with Crippen molar-refractivity contribution in [2.75, 3.05) is 6.54 Å². The second kappa shape index (κ2) is 3.35. The third-order valence-corrected chi connectivity index (χ3v) is 3.11. The van der Waals surface area contributed by atoms with Crippen LogP contribution in [0.4, 0.5) is 0 Å². The van der Waals surface area contributed by atoms with Gasteiger partial charge in [-0.2, -0.15) is 0 Å². The Morgan fingerprint density at radius 1 is 1.44 bits per heavy atom. The van der Waals surface area contributed by atoms with Crippen LogP contribution in [0.15, 0.2) is 30.3 Å². The second-order valence-electron chi connectivity index (χ2n) is 4.11. The summed E-state index contributed by atoms with van der Waals surface area (Å²) in [6, 6.07) is 9.90. The van der Waals surface area contributed by atoms with Gasteiger partial charge in [-0.15, -0.1) is 0 Å². The molecule has 1 atom stereocenters. The SMILES string of the molecule is NC(=O)C1CNCc2cc3ccccc3n21. The highest BCUT2D eigenvalue weighted by Crippen LogP contribution is 2.26. The van der Waals surface area contributed by atoms with Gasteiger partial charge in [0.1, 0.15) is 6.04 Å². The average Bonchev–Trinajstić information content (AvgIpc) is 2.66. The Morgan fingerprint density at radius 2 is 2.25 bits per heavy atom. The monoisotopic (exact) mass is 215 g/mol. The van der Waals surface area contributed by atoms with Gasteiger partial charge in [0, 0.05) is 24.3 Å². The molecule has 3 rings (SSSR count). The van der Waals surface area contributed by atoms with Gasteiger partial charge in [0.25, 0.3) is 0 Å². The fourth-order valence-corrected chi connectivity index (χ4v) is 2.39. The summed E-state index contributed by atoms with van der Waals surface area (Å²) in [6.45, 7) is 1.40. The first-order valence-electron chi connectivity index (χ1n) is 5.36. The van der Waals surface area contributed by atoms with Crippen molar-refractivity contribution in [2.45, 2.75) is 12.6 Å². The molecule has 2 heterocycles. The van der Waals surface area contributed by atoms with Crippen LogP contribution in [-0.4, -0.2) is 17.0 Å². The van der Waals surface area contributed by atoms with Gasteiger partial charge in [-0.3, -0.25) is 4.79 Å². The Morgan fingerprint density at radius 3 is 3.06 bits per heavy atom. The Hall–Kier alpha value is -1.81. The normalized spacial score (nSPS) is 19.6. The number of primary amides is 1. The summed E-state index contributed by atoms with van der Waals surface area (Å²) < 4.78 is 2.05. The van der Waals surface area contributed by atoms with Crippen molar-refractivity contribution in [1.29, 1.82) is 0 Å². The summed E-state index contributed by atoms with van der Waals surface area (Å²) >= 11 is 0. The zero-order valence-corrected chi connectivity index (χ0v) is 8.81. The molecule has 1 aromatic heterocycles. The van der Waals surface area contributed by atoms with Crippen LogP contribution in [0.25, 0.3) is 10.9 Å². The molecule has 0 saturated heterocycles. The molecular formula is C12H13N3O. The van der Waals surface area contributed by atoms with Crippen molar-refractivity contribution in [3.8, 4) is 0 Å². The first kappa shape index (κ1) is 9.42. The number of nitrogens with one attached hydrogen (secondary N) is 1. The Labute approximate surface area is 93.0 Å². The maximum absolute atomic E-state index is 11.4. The molecule has 1 amide bonds. The van der Waals surface area contributed by atoms with Gasteiger partial charge >= 0.3 is 0 Å². The van der Waals surface area contributed by atoms with E-state index in [1.165, 1.54) is 0 Å². The number of aromatic nitrogens is 1. The Balaban J connectivity index is 2.28. The van der Waals surface area contributed by atoms with E-state index in [1.807, 2.05) is 22.8 Å². The fraction of sp³-hybridized carbons (Fsp3) is 0.250. The summed E-state index contributed by atoms with van der Waals surface area (Å²) in [5, 5.41) is 4.37. The van der Waals surface area contributed by atoms with E-state index in [2.05, 4.69) is 17.4 Å². The van der Waals surface area contributed by atoms with E-state index in [1.54, 1.807) is 0 Å². The topological polar surface area (TPSA) is 60.1 Å². The number of benzene rings is 1. The molecule has 1 aromatic carbocycles. The van der Waals surface area contributed by atoms with Gasteiger partial charge in [0.05, 0.1) is 0 Å². The number of rotatable bonds is 1. The minimum atomic E-state index is -0.283. The lowest BCUT2D eigenvalue weighted by Gasteiger charge is -2.25. The molecule has 2 aromatic rings. The van der Waals surface area contributed by atoms with Crippen LogP contribution in [-0.2, 0) is 11.3 Å². The van der Waals surface area contributed by atoms with Gasteiger partial charge in [-0.05, 0) is 17.5 Å². The molecule has 0 fully saturated rings. The molecule has 4 heteroatoms. The molecule has 0 aliphatic carbocycles.